The third kappa shape index (κ3) is 4.01. The van der Waals surface area contributed by atoms with E-state index in [-0.39, 0.29) is 5.76 Å². The molecule has 1 amide bonds. The van der Waals surface area contributed by atoms with Crippen molar-refractivity contribution in [2.75, 3.05) is 5.32 Å². The van der Waals surface area contributed by atoms with E-state index >= 15 is 0 Å². The van der Waals surface area contributed by atoms with Gasteiger partial charge in [-0.3, -0.25) is 4.79 Å². The maximum atomic E-state index is 11.9. The normalized spacial score (nSPS) is 13.0. The van der Waals surface area contributed by atoms with Crippen LogP contribution in [0.2, 0.25) is 0 Å². The predicted molar refractivity (Wildman–Crippen MR) is 76.0 cm³/mol. The van der Waals surface area contributed by atoms with Crippen LogP contribution in [0.5, 0.6) is 0 Å². The highest BCUT2D eigenvalue weighted by Crippen LogP contribution is 2.31. The van der Waals surface area contributed by atoms with Crippen LogP contribution in [0.25, 0.3) is 0 Å². The summed E-state index contributed by atoms with van der Waals surface area (Å²) >= 11 is 18.8. The summed E-state index contributed by atoms with van der Waals surface area (Å²) in [7, 11) is 0. The molecule has 0 aliphatic rings. The Morgan fingerprint density at radius 3 is 2.79 bits per heavy atom. The molecule has 0 aromatic carbocycles. The number of carbonyl (C=O) groups excluding carboxylic acids is 1. The number of nitrogens with zero attached hydrogens (tertiary/aromatic N) is 1. The molecular weight excluding hydrogens is 333 g/mol. The third-order valence-corrected chi connectivity index (χ3v) is 3.41. The molecule has 0 spiro atoms. The van der Waals surface area contributed by atoms with E-state index < -0.39 is 15.9 Å². The first-order chi connectivity index (χ1) is 8.97. The minimum atomic E-state index is -1.74. The van der Waals surface area contributed by atoms with Crippen molar-refractivity contribution in [3.05, 3.63) is 35.7 Å². The fourth-order valence-corrected chi connectivity index (χ4v) is 2.11. The molecule has 2 rings (SSSR count). The predicted octanol–water partition coefficient (Wildman–Crippen LogP) is 3.27. The number of carbonyl (C=O) groups is 1. The first-order valence-corrected chi connectivity index (χ1v) is 7.05. The largest absolute Gasteiger partial charge is 0.459 e. The topological polar surface area (TPSA) is 67.2 Å². The van der Waals surface area contributed by atoms with Gasteiger partial charge in [0.05, 0.1) is 6.26 Å². The number of nitrogens with one attached hydrogen (secondary N) is 2. The Hall–Kier alpha value is -0.950. The summed E-state index contributed by atoms with van der Waals surface area (Å²) in [5.41, 5.74) is 0. The smallest absolute Gasteiger partial charge is 0.288 e. The molecule has 5 nitrogen and oxygen atoms in total. The van der Waals surface area contributed by atoms with E-state index in [9.17, 15) is 4.79 Å². The van der Waals surface area contributed by atoms with Crippen molar-refractivity contribution in [2.24, 2.45) is 0 Å². The number of aromatic nitrogens is 1. The molecule has 0 fully saturated rings. The van der Waals surface area contributed by atoms with Gasteiger partial charge in [-0.25, -0.2) is 4.98 Å². The highest BCUT2D eigenvalue weighted by molar-refractivity contribution is 7.13. The Morgan fingerprint density at radius 1 is 1.47 bits per heavy atom. The number of amides is 1. The van der Waals surface area contributed by atoms with Gasteiger partial charge >= 0.3 is 0 Å². The molecule has 2 aromatic rings. The summed E-state index contributed by atoms with van der Waals surface area (Å²) in [6.45, 7) is 0. The van der Waals surface area contributed by atoms with Crippen molar-refractivity contribution >= 4 is 57.2 Å². The number of hydrogen-bond donors (Lipinski definition) is 2. The summed E-state index contributed by atoms with van der Waals surface area (Å²) in [6, 6.07) is 3.10. The standard InChI is InChI=1S/C10H8Cl3N3O2S/c11-10(12,13)8(16-9-14-3-5-19-9)15-7(17)6-2-1-4-18-6/h1-5,8H,(H,14,16)(H,15,17). The first-order valence-electron chi connectivity index (χ1n) is 5.04. The Labute approximate surface area is 127 Å². The van der Waals surface area contributed by atoms with Gasteiger partial charge in [0.15, 0.2) is 10.9 Å². The molecule has 2 aromatic heterocycles. The highest BCUT2D eigenvalue weighted by atomic mass is 35.6. The van der Waals surface area contributed by atoms with Crippen molar-refractivity contribution in [2.45, 2.75) is 9.96 Å². The Kier molecular flexibility index (Phi) is 4.57. The summed E-state index contributed by atoms with van der Waals surface area (Å²) in [4.78, 5) is 15.8. The molecule has 0 aliphatic carbocycles. The zero-order chi connectivity index (χ0) is 13.9. The number of thiazole rings is 1. The monoisotopic (exact) mass is 339 g/mol. The second-order valence-electron chi connectivity index (χ2n) is 3.41. The fraction of sp³-hybridized carbons (Fsp3) is 0.200. The van der Waals surface area contributed by atoms with Crippen LogP contribution in [0.4, 0.5) is 5.13 Å². The minimum Gasteiger partial charge on any atom is -0.459 e. The summed E-state index contributed by atoms with van der Waals surface area (Å²) in [5, 5.41) is 7.63. The molecule has 0 aliphatic heterocycles. The van der Waals surface area contributed by atoms with Gasteiger partial charge in [0, 0.05) is 11.6 Å². The quantitative estimate of drug-likeness (QED) is 0.662. The molecule has 0 radical (unpaired) electrons. The number of furan rings is 1. The fourth-order valence-electron chi connectivity index (χ4n) is 1.23. The molecule has 1 atom stereocenters. The van der Waals surface area contributed by atoms with Crippen molar-refractivity contribution in [1.29, 1.82) is 0 Å². The molecule has 1 unspecified atom stereocenters. The lowest BCUT2D eigenvalue weighted by Crippen LogP contribution is -2.49. The average Bonchev–Trinajstić information content (AvgIpc) is 2.99. The van der Waals surface area contributed by atoms with Crippen LogP contribution >= 0.6 is 46.1 Å². The maximum Gasteiger partial charge on any atom is 0.288 e. The highest BCUT2D eigenvalue weighted by Gasteiger charge is 2.35. The van der Waals surface area contributed by atoms with Crippen molar-refractivity contribution in [1.82, 2.24) is 10.3 Å². The second-order valence-corrected chi connectivity index (χ2v) is 6.67. The van der Waals surface area contributed by atoms with E-state index in [4.69, 9.17) is 39.2 Å². The lowest BCUT2D eigenvalue weighted by Gasteiger charge is -2.25. The maximum absolute atomic E-state index is 11.9. The number of alkyl halides is 3. The molecule has 2 heterocycles. The molecule has 9 heteroatoms. The van der Waals surface area contributed by atoms with Crippen LogP contribution in [-0.2, 0) is 0 Å². The SMILES string of the molecule is O=C(NC(Nc1nccs1)C(Cl)(Cl)Cl)c1ccco1. The van der Waals surface area contributed by atoms with Gasteiger partial charge in [-0.05, 0) is 12.1 Å². The minimum absolute atomic E-state index is 0.125. The van der Waals surface area contributed by atoms with E-state index in [2.05, 4.69) is 15.6 Å². The van der Waals surface area contributed by atoms with E-state index in [1.807, 2.05) is 0 Å². The second kappa shape index (κ2) is 6.00. The zero-order valence-electron chi connectivity index (χ0n) is 9.27. The van der Waals surface area contributed by atoms with Gasteiger partial charge in [0.1, 0.15) is 6.17 Å². The lowest BCUT2D eigenvalue weighted by atomic mass is 10.4. The lowest BCUT2D eigenvalue weighted by molar-refractivity contribution is 0.0914. The van der Waals surface area contributed by atoms with Crippen molar-refractivity contribution in [3.8, 4) is 0 Å². The molecular formula is C10H8Cl3N3O2S. The van der Waals surface area contributed by atoms with Gasteiger partial charge < -0.3 is 15.1 Å². The van der Waals surface area contributed by atoms with Gasteiger partial charge in [-0.15, -0.1) is 11.3 Å². The Morgan fingerprint density at radius 2 is 2.26 bits per heavy atom. The molecule has 0 saturated heterocycles. The molecule has 2 N–H and O–H groups in total. The van der Waals surface area contributed by atoms with Crippen LogP contribution in [0.3, 0.4) is 0 Å². The first kappa shape index (κ1) is 14.5. The van der Waals surface area contributed by atoms with Crippen LogP contribution in [0.15, 0.2) is 34.4 Å². The Balaban J connectivity index is 2.08. The van der Waals surface area contributed by atoms with E-state index in [1.165, 1.54) is 23.7 Å². The van der Waals surface area contributed by atoms with E-state index in [1.54, 1.807) is 17.6 Å². The molecule has 0 saturated carbocycles. The average molecular weight is 341 g/mol. The van der Waals surface area contributed by atoms with Crippen LogP contribution in [0.1, 0.15) is 10.6 Å². The molecule has 0 bridgehead atoms. The molecule has 102 valence electrons. The number of hydrogen-bond acceptors (Lipinski definition) is 5. The number of rotatable bonds is 4. The van der Waals surface area contributed by atoms with Gasteiger partial charge in [-0.2, -0.15) is 0 Å². The number of halogens is 3. The van der Waals surface area contributed by atoms with Crippen molar-refractivity contribution < 1.29 is 9.21 Å². The summed E-state index contributed by atoms with van der Waals surface area (Å²) in [6.07, 6.45) is 2.03. The zero-order valence-corrected chi connectivity index (χ0v) is 12.4. The van der Waals surface area contributed by atoms with Gasteiger partial charge in [-0.1, -0.05) is 34.8 Å². The van der Waals surface area contributed by atoms with E-state index in [0.29, 0.717) is 5.13 Å². The van der Waals surface area contributed by atoms with Crippen LogP contribution in [-0.4, -0.2) is 20.8 Å². The third-order valence-electron chi connectivity index (χ3n) is 2.05. The summed E-state index contributed by atoms with van der Waals surface area (Å²) in [5.74, 6) is -0.370. The van der Waals surface area contributed by atoms with Crippen LogP contribution in [0, 0.1) is 0 Å². The van der Waals surface area contributed by atoms with E-state index in [0.717, 1.165) is 0 Å². The molecule has 19 heavy (non-hydrogen) atoms. The van der Waals surface area contributed by atoms with Crippen molar-refractivity contribution in [3.63, 3.8) is 0 Å². The summed E-state index contributed by atoms with van der Waals surface area (Å²) < 4.78 is 3.22. The number of anilines is 1. The Bertz CT molecular complexity index is 525. The van der Waals surface area contributed by atoms with Gasteiger partial charge in [0.2, 0.25) is 3.79 Å². The van der Waals surface area contributed by atoms with Gasteiger partial charge in [0.25, 0.3) is 5.91 Å². The van der Waals surface area contributed by atoms with Crippen LogP contribution < -0.4 is 10.6 Å².